The van der Waals surface area contributed by atoms with Crippen LogP contribution in [-0.4, -0.2) is 99.0 Å². The lowest BCUT2D eigenvalue weighted by Crippen LogP contribution is -2.54. The number of aromatic nitrogens is 4. The number of likely N-dealkylation sites (tertiary alicyclic amines) is 2. The molecule has 4 aromatic rings. The van der Waals surface area contributed by atoms with Gasteiger partial charge in [0.1, 0.15) is 18.1 Å². The molecule has 3 aliphatic heterocycles. The van der Waals surface area contributed by atoms with E-state index in [1.54, 1.807) is 12.5 Å². The van der Waals surface area contributed by atoms with Crippen LogP contribution in [0.4, 0.5) is 0 Å². The van der Waals surface area contributed by atoms with Crippen LogP contribution in [0.3, 0.4) is 0 Å². The number of nitrogens with one attached hydrogen (secondary N) is 1. The van der Waals surface area contributed by atoms with Crippen LogP contribution in [0.15, 0.2) is 43.0 Å². The molecule has 3 aromatic heterocycles. The third-order valence-electron chi connectivity index (χ3n) is 8.53. The molecule has 1 amide bonds. The number of hydrogen-bond donors (Lipinski definition) is 1. The van der Waals surface area contributed by atoms with Gasteiger partial charge < -0.3 is 24.4 Å². The van der Waals surface area contributed by atoms with E-state index in [-0.39, 0.29) is 24.1 Å². The normalized spacial score (nSPS) is 22.9. The number of piperidine rings is 1. The molecule has 3 fully saturated rings. The predicted octanol–water partition coefficient (Wildman–Crippen LogP) is 3.56. The number of pyridine rings is 1. The first kappa shape index (κ1) is 23.5. The van der Waals surface area contributed by atoms with E-state index in [1.165, 1.54) is 0 Å². The van der Waals surface area contributed by atoms with Crippen LogP contribution in [0, 0.1) is 0 Å². The highest BCUT2D eigenvalue weighted by Gasteiger charge is 2.41. The van der Waals surface area contributed by atoms with Gasteiger partial charge in [0.25, 0.3) is 5.91 Å². The maximum absolute atomic E-state index is 13.6. The molecule has 38 heavy (non-hydrogen) atoms. The van der Waals surface area contributed by atoms with Crippen LogP contribution in [0.1, 0.15) is 36.0 Å². The van der Waals surface area contributed by atoms with E-state index < -0.39 is 0 Å². The number of benzene rings is 1. The van der Waals surface area contributed by atoms with Crippen LogP contribution in [-0.2, 0) is 0 Å². The lowest BCUT2D eigenvalue weighted by molar-refractivity contribution is 0.0472. The summed E-state index contributed by atoms with van der Waals surface area (Å²) in [6.07, 6.45) is 9.54. The Morgan fingerprint density at radius 2 is 1.74 bits per heavy atom. The van der Waals surface area contributed by atoms with E-state index in [0.717, 1.165) is 84.9 Å². The summed E-state index contributed by atoms with van der Waals surface area (Å²) in [6.45, 7) is 3.93. The van der Waals surface area contributed by atoms with Gasteiger partial charge in [-0.15, -0.1) is 0 Å². The Kier molecular flexibility index (Phi) is 5.78. The number of amides is 1. The van der Waals surface area contributed by atoms with Crippen molar-refractivity contribution in [1.29, 1.82) is 0 Å². The van der Waals surface area contributed by atoms with Gasteiger partial charge in [-0.1, -0.05) is 6.07 Å². The first-order chi connectivity index (χ1) is 18.5. The maximum Gasteiger partial charge on any atom is 0.256 e. The van der Waals surface area contributed by atoms with Gasteiger partial charge in [-0.05, 0) is 63.5 Å². The monoisotopic (exact) mass is 511 g/mol. The number of carbonyl (C=O) groups is 1. The molecule has 196 valence electrons. The summed E-state index contributed by atoms with van der Waals surface area (Å²) in [6, 6.07) is 8.74. The minimum Gasteiger partial charge on any atom is -0.474 e. The van der Waals surface area contributed by atoms with Crippen LogP contribution < -0.4 is 4.74 Å². The Balaban J connectivity index is 1.22. The fraction of sp³-hybridized carbons (Fsp3) is 0.448. The number of likely N-dealkylation sites (N-methyl/N-ethyl adjacent to an activating group) is 1. The molecule has 2 atom stereocenters. The topological polar surface area (TPSA) is 90.5 Å². The summed E-state index contributed by atoms with van der Waals surface area (Å²) in [4.78, 5) is 37.3. The van der Waals surface area contributed by atoms with E-state index >= 15 is 0 Å². The quantitative estimate of drug-likeness (QED) is 0.448. The lowest BCUT2D eigenvalue weighted by atomic mass is 10.0. The molecule has 0 spiro atoms. The summed E-state index contributed by atoms with van der Waals surface area (Å²) < 4.78 is 6.38. The smallest absolute Gasteiger partial charge is 0.256 e. The Morgan fingerprint density at radius 3 is 2.53 bits per heavy atom. The molecule has 2 unspecified atom stereocenters. The maximum atomic E-state index is 13.6. The molecule has 1 N–H and O–H groups in total. The highest BCUT2D eigenvalue weighted by Crippen LogP contribution is 2.35. The Hall–Kier alpha value is -3.56. The Labute approximate surface area is 221 Å². The van der Waals surface area contributed by atoms with Crippen molar-refractivity contribution in [2.45, 2.75) is 43.9 Å². The standard InChI is InChI=1S/C29H33N7O2/c1-34-9-7-22(8-10-34)38-28-24-11-18(3-6-26(24)32-17-33-28)25-14-31-27-23(25)12-19(13-30-27)29(37)36-20-4-5-21(36)16-35(2)15-20/h3,6,11-14,17,20-22H,4-5,7-10,15-16H2,1-2H3,(H,30,31). The molecule has 7 rings (SSSR count). The Bertz CT molecular complexity index is 1500. The molecule has 0 aliphatic carbocycles. The van der Waals surface area contributed by atoms with Crippen molar-refractivity contribution < 1.29 is 9.53 Å². The summed E-state index contributed by atoms with van der Waals surface area (Å²) in [5.74, 6) is 0.721. The zero-order chi connectivity index (χ0) is 25.8. The van der Waals surface area contributed by atoms with Crippen molar-refractivity contribution in [3.8, 4) is 17.0 Å². The molecule has 0 radical (unpaired) electrons. The third-order valence-corrected chi connectivity index (χ3v) is 8.53. The summed E-state index contributed by atoms with van der Waals surface area (Å²) in [5.41, 5.74) is 4.28. The zero-order valence-electron chi connectivity index (χ0n) is 21.9. The largest absolute Gasteiger partial charge is 0.474 e. The molecule has 6 heterocycles. The number of aromatic amines is 1. The second-order valence-corrected chi connectivity index (χ2v) is 11.2. The molecule has 3 aliphatic rings. The van der Waals surface area contributed by atoms with Gasteiger partial charge in [0, 0.05) is 61.6 Å². The molecular weight excluding hydrogens is 478 g/mol. The number of rotatable bonds is 4. The molecule has 3 saturated heterocycles. The number of hydrogen-bond acceptors (Lipinski definition) is 7. The van der Waals surface area contributed by atoms with E-state index in [4.69, 9.17) is 4.74 Å². The fourth-order valence-electron chi connectivity index (χ4n) is 6.51. The number of fused-ring (bicyclic) bond motifs is 4. The summed E-state index contributed by atoms with van der Waals surface area (Å²) >= 11 is 0. The molecule has 9 heteroatoms. The van der Waals surface area contributed by atoms with Crippen LogP contribution in [0.2, 0.25) is 0 Å². The Morgan fingerprint density at radius 1 is 0.947 bits per heavy atom. The molecule has 0 saturated carbocycles. The summed E-state index contributed by atoms with van der Waals surface area (Å²) in [5, 5.41) is 1.83. The average Bonchev–Trinajstić information content (AvgIpc) is 3.47. The van der Waals surface area contributed by atoms with Crippen molar-refractivity contribution in [2.24, 2.45) is 0 Å². The first-order valence-electron chi connectivity index (χ1n) is 13.6. The summed E-state index contributed by atoms with van der Waals surface area (Å²) in [7, 11) is 4.29. The van der Waals surface area contributed by atoms with E-state index in [9.17, 15) is 4.79 Å². The molecular formula is C29H33N7O2. The SMILES string of the molecule is CN1CCC(Oc2ncnc3ccc(-c4c[nH]c5ncc(C(=O)N6C7CCC6CN(C)C7)cc45)cc23)CC1. The van der Waals surface area contributed by atoms with E-state index in [0.29, 0.717) is 11.4 Å². The minimum atomic E-state index is 0.0906. The van der Waals surface area contributed by atoms with Crippen molar-refractivity contribution in [1.82, 2.24) is 34.6 Å². The van der Waals surface area contributed by atoms with E-state index in [1.807, 2.05) is 18.3 Å². The molecule has 9 nitrogen and oxygen atoms in total. The number of H-pyrrole nitrogens is 1. The van der Waals surface area contributed by atoms with Crippen molar-refractivity contribution in [3.05, 3.63) is 48.5 Å². The second-order valence-electron chi connectivity index (χ2n) is 11.2. The van der Waals surface area contributed by atoms with Gasteiger partial charge in [-0.25, -0.2) is 15.0 Å². The number of piperazine rings is 1. The fourth-order valence-corrected chi connectivity index (χ4v) is 6.51. The van der Waals surface area contributed by atoms with Crippen LogP contribution >= 0.6 is 0 Å². The van der Waals surface area contributed by atoms with Gasteiger partial charge in [0.2, 0.25) is 5.88 Å². The van der Waals surface area contributed by atoms with Gasteiger partial charge in [0.15, 0.2) is 0 Å². The zero-order valence-corrected chi connectivity index (χ0v) is 21.9. The van der Waals surface area contributed by atoms with Gasteiger partial charge >= 0.3 is 0 Å². The van der Waals surface area contributed by atoms with Crippen molar-refractivity contribution in [2.75, 3.05) is 40.3 Å². The number of nitrogens with zero attached hydrogens (tertiary/aromatic N) is 6. The minimum absolute atomic E-state index is 0.0906. The number of ether oxygens (including phenoxy) is 1. The molecule has 1 aromatic carbocycles. The van der Waals surface area contributed by atoms with Crippen LogP contribution in [0.5, 0.6) is 5.88 Å². The van der Waals surface area contributed by atoms with Crippen molar-refractivity contribution >= 4 is 27.8 Å². The lowest BCUT2D eigenvalue weighted by Gasteiger charge is -2.39. The van der Waals surface area contributed by atoms with Crippen LogP contribution in [0.25, 0.3) is 33.1 Å². The van der Waals surface area contributed by atoms with Crippen molar-refractivity contribution in [3.63, 3.8) is 0 Å². The first-order valence-corrected chi connectivity index (χ1v) is 13.6. The number of carbonyl (C=O) groups excluding carboxylic acids is 1. The predicted molar refractivity (Wildman–Crippen MR) is 146 cm³/mol. The third kappa shape index (κ3) is 4.10. The highest BCUT2D eigenvalue weighted by molar-refractivity contribution is 6.02. The highest BCUT2D eigenvalue weighted by atomic mass is 16.5. The van der Waals surface area contributed by atoms with Gasteiger partial charge in [-0.3, -0.25) is 4.79 Å². The van der Waals surface area contributed by atoms with Gasteiger partial charge in [0.05, 0.1) is 16.5 Å². The van der Waals surface area contributed by atoms with Gasteiger partial charge in [-0.2, -0.15) is 0 Å². The average molecular weight is 512 g/mol. The molecule has 2 bridgehead atoms. The second kappa shape index (κ2) is 9.32. The van der Waals surface area contributed by atoms with E-state index in [2.05, 4.69) is 60.9 Å².